The van der Waals surface area contributed by atoms with Gasteiger partial charge in [0.25, 0.3) is 0 Å². The van der Waals surface area contributed by atoms with Crippen LogP contribution in [-0.2, 0) is 18.9 Å². The fraction of sp³-hybridized carbons (Fsp3) is 0.900. The first-order valence-corrected chi connectivity index (χ1v) is 14.2. The molecule has 8 heteroatoms. The van der Waals surface area contributed by atoms with Crippen LogP contribution in [0.1, 0.15) is 135 Å². The van der Waals surface area contributed by atoms with E-state index in [0.29, 0.717) is 12.1 Å². The lowest BCUT2D eigenvalue weighted by Gasteiger charge is -2.39. The van der Waals surface area contributed by atoms with Gasteiger partial charge >= 0.3 is 18.4 Å². The SMILES string of the molecule is CC(C)(C)OC(=O)OC(=O)OC(C)(C)C.CC1CCCC(C)C1.CC1CCCC(C)N1C(=O)OC(C)(C)C. The number of ether oxygens (including phenoxy) is 4. The van der Waals surface area contributed by atoms with Gasteiger partial charge in [0.05, 0.1) is 0 Å². The van der Waals surface area contributed by atoms with Gasteiger partial charge in [0.2, 0.25) is 0 Å². The van der Waals surface area contributed by atoms with Gasteiger partial charge in [-0.15, -0.1) is 0 Å². The van der Waals surface area contributed by atoms with Gasteiger partial charge in [-0.3, -0.25) is 0 Å². The molecule has 4 unspecified atom stereocenters. The summed E-state index contributed by atoms with van der Waals surface area (Å²) >= 11 is 0. The number of nitrogens with zero attached hydrogens (tertiary/aromatic N) is 1. The van der Waals surface area contributed by atoms with Crippen molar-refractivity contribution >= 4 is 18.4 Å². The Hall–Kier alpha value is -1.99. The number of hydrogen-bond acceptors (Lipinski definition) is 7. The molecular formula is C30H57NO7. The van der Waals surface area contributed by atoms with E-state index in [2.05, 4.69) is 32.4 Å². The molecular weight excluding hydrogens is 486 g/mol. The minimum Gasteiger partial charge on any atom is -0.444 e. The molecule has 0 spiro atoms. The van der Waals surface area contributed by atoms with Gasteiger partial charge in [0.15, 0.2) is 0 Å². The summed E-state index contributed by atoms with van der Waals surface area (Å²) in [6.45, 7) is 24.7. The molecule has 2 aliphatic rings. The first-order chi connectivity index (χ1) is 17.1. The van der Waals surface area contributed by atoms with Crippen molar-refractivity contribution in [1.29, 1.82) is 0 Å². The predicted octanol–water partition coefficient (Wildman–Crippen LogP) is 8.89. The summed E-state index contributed by atoms with van der Waals surface area (Å²) in [7, 11) is 0. The Morgan fingerprint density at radius 1 is 0.579 bits per heavy atom. The van der Waals surface area contributed by atoms with Crippen LogP contribution in [0.3, 0.4) is 0 Å². The molecule has 2 rings (SSSR count). The molecule has 0 N–H and O–H groups in total. The second-order valence-electron chi connectivity index (χ2n) is 13.9. The summed E-state index contributed by atoms with van der Waals surface area (Å²) in [6, 6.07) is 0.618. The third-order valence-electron chi connectivity index (χ3n) is 5.94. The lowest BCUT2D eigenvalue weighted by Crippen LogP contribution is -2.49. The number of carbonyl (C=O) groups is 3. The molecule has 1 amide bonds. The minimum atomic E-state index is -1.06. The number of amides is 1. The van der Waals surface area contributed by atoms with Crippen LogP contribution in [0.15, 0.2) is 0 Å². The van der Waals surface area contributed by atoms with Gasteiger partial charge in [-0.25, -0.2) is 14.4 Å². The highest BCUT2D eigenvalue weighted by Gasteiger charge is 2.32. The summed E-state index contributed by atoms with van der Waals surface area (Å²) in [5.74, 6) is 2.03. The van der Waals surface area contributed by atoms with E-state index in [1.807, 2.05) is 25.7 Å². The normalized spacial score (nSPS) is 24.0. The maximum Gasteiger partial charge on any atom is 0.519 e. The van der Waals surface area contributed by atoms with E-state index in [1.165, 1.54) is 32.1 Å². The average molecular weight is 544 g/mol. The summed E-state index contributed by atoms with van der Waals surface area (Å²) in [6.07, 6.45) is 7.00. The third kappa shape index (κ3) is 18.3. The zero-order valence-electron chi connectivity index (χ0n) is 26.6. The van der Waals surface area contributed by atoms with Crippen LogP contribution in [0, 0.1) is 11.8 Å². The molecule has 1 saturated carbocycles. The third-order valence-corrected chi connectivity index (χ3v) is 5.94. The largest absolute Gasteiger partial charge is 0.519 e. The molecule has 1 aliphatic carbocycles. The number of rotatable bonds is 0. The molecule has 8 nitrogen and oxygen atoms in total. The molecule has 0 aromatic rings. The van der Waals surface area contributed by atoms with Crippen LogP contribution in [0.4, 0.5) is 14.4 Å². The quantitative estimate of drug-likeness (QED) is 0.171. The maximum absolute atomic E-state index is 11.9. The molecule has 1 saturated heterocycles. The van der Waals surface area contributed by atoms with Gasteiger partial charge < -0.3 is 23.8 Å². The topological polar surface area (TPSA) is 91.4 Å². The molecule has 4 atom stereocenters. The minimum absolute atomic E-state index is 0.165. The van der Waals surface area contributed by atoms with E-state index in [0.717, 1.165) is 24.7 Å². The van der Waals surface area contributed by atoms with E-state index in [-0.39, 0.29) is 6.09 Å². The second-order valence-corrected chi connectivity index (χ2v) is 13.9. The van der Waals surface area contributed by atoms with Crippen molar-refractivity contribution in [3.05, 3.63) is 0 Å². The average Bonchev–Trinajstić information content (AvgIpc) is 2.64. The molecule has 0 aromatic heterocycles. The molecule has 1 aliphatic heterocycles. The summed E-state index contributed by atoms with van der Waals surface area (Å²) < 4.78 is 19.2. The Kier molecular flexibility index (Phi) is 14.7. The van der Waals surface area contributed by atoms with Gasteiger partial charge in [0, 0.05) is 12.1 Å². The standard InChI is InChI=1S/C12H23NO2.C10H18O5.C8H16/c1-9-7-6-8-10(2)13(9)11(14)15-12(3,4)5;1-9(2,3)14-7(11)13-8(12)15-10(4,5)6;1-7-4-3-5-8(2)6-7/h9-10H,6-8H2,1-5H3;1-6H3;7-8H,3-6H2,1-2H3. The first kappa shape index (κ1) is 36.0. The van der Waals surface area contributed by atoms with Crippen LogP contribution in [0.5, 0.6) is 0 Å². The highest BCUT2D eigenvalue weighted by molar-refractivity contribution is 5.77. The van der Waals surface area contributed by atoms with Crippen LogP contribution >= 0.6 is 0 Å². The Balaban J connectivity index is 0.000000565. The monoisotopic (exact) mass is 543 g/mol. The zero-order chi connectivity index (χ0) is 29.9. The van der Waals surface area contributed by atoms with E-state index < -0.39 is 29.1 Å². The van der Waals surface area contributed by atoms with Crippen molar-refractivity contribution in [3.63, 3.8) is 0 Å². The Bertz CT molecular complexity index is 686. The van der Waals surface area contributed by atoms with E-state index in [4.69, 9.17) is 14.2 Å². The number of carbonyl (C=O) groups excluding carboxylic acids is 3. The fourth-order valence-electron chi connectivity index (χ4n) is 4.44. The van der Waals surface area contributed by atoms with Crippen molar-refractivity contribution in [1.82, 2.24) is 4.90 Å². The van der Waals surface area contributed by atoms with Crippen molar-refractivity contribution < 1.29 is 33.3 Å². The van der Waals surface area contributed by atoms with E-state index in [9.17, 15) is 14.4 Å². The van der Waals surface area contributed by atoms with Crippen molar-refractivity contribution in [3.8, 4) is 0 Å². The summed E-state index contributed by atoms with van der Waals surface area (Å²) in [4.78, 5) is 35.8. The first-order valence-electron chi connectivity index (χ1n) is 14.2. The molecule has 0 radical (unpaired) electrons. The molecule has 0 bridgehead atoms. The fourth-order valence-corrected chi connectivity index (χ4v) is 4.44. The van der Waals surface area contributed by atoms with Gasteiger partial charge in [-0.1, -0.05) is 33.1 Å². The molecule has 1 heterocycles. The highest BCUT2D eigenvalue weighted by atomic mass is 16.8. The summed E-state index contributed by atoms with van der Waals surface area (Å²) in [5.41, 5.74) is -1.79. The molecule has 0 aromatic carbocycles. The van der Waals surface area contributed by atoms with Crippen LogP contribution < -0.4 is 0 Å². The Morgan fingerprint density at radius 2 is 0.921 bits per heavy atom. The Labute approximate surface area is 232 Å². The van der Waals surface area contributed by atoms with Crippen molar-refractivity contribution in [2.75, 3.05) is 0 Å². The van der Waals surface area contributed by atoms with Crippen LogP contribution in [-0.4, -0.2) is 52.2 Å². The Morgan fingerprint density at radius 3 is 1.21 bits per heavy atom. The highest BCUT2D eigenvalue weighted by Crippen LogP contribution is 2.27. The van der Waals surface area contributed by atoms with Crippen molar-refractivity contribution in [2.45, 2.75) is 164 Å². The van der Waals surface area contributed by atoms with Gasteiger partial charge in [-0.05, 0) is 114 Å². The molecule has 38 heavy (non-hydrogen) atoms. The molecule has 224 valence electrons. The number of piperidine rings is 1. The van der Waals surface area contributed by atoms with E-state index >= 15 is 0 Å². The van der Waals surface area contributed by atoms with E-state index in [1.54, 1.807) is 41.5 Å². The smallest absolute Gasteiger partial charge is 0.444 e. The van der Waals surface area contributed by atoms with Gasteiger partial charge in [-0.2, -0.15) is 0 Å². The lowest BCUT2D eigenvalue weighted by molar-refractivity contribution is -0.0294. The number of likely N-dealkylation sites (tertiary alicyclic amines) is 1. The second kappa shape index (κ2) is 15.6. The van der Waals surface area contributed by atoms with Crippen LogP contribution in [0.25, 0.3) is 0 Å². The predicted molar refractivity (Wildman–Crippen MR) is 151 cm³/mol. The van der Waals surface area contributed by atoms with Crippen LogP contribution in [0.2, 0.25) is 0 Å². The van der Waals surface area contributed by atoms with Gasteiger partial charge in [0.1, 0.15) is 16.8 Å². The van der Waals surface area contributed by atoms with Crippen molar-refractivity contribution in [2.24, 2.45) is 11.8 Å². The molecule has 2 fully saturated rings. The maximum atomic E-state index is 11.9. The number of hydrogen-bond donors (Lipinski definition) is 0. The zero-order valence-corrected chi connectivity index (χ0v) is 26.6. The lowest BCUT2D eigenvalue weighted by atomic mass is 9.84. The summed E-state index contributed by atoms with van der Waals surface area (Å²) in [5, 5.41) is 0.